The van der Waals surface area contributed by atoms with E-state index < -0.39 is 0 Å². The van der Waals surface area contributed by atoms with Gasteiger partial charge in [-0.1, -0.05) is 25.1 Å². The van der Waals surface area contributed by atoms with Crippen LogP contribution in [0.3, 0.4) is 0 Å². The monoisotopic (exact) mass is 450 g/mol. The highest BCUT2D eigenvalue weighted by atomic mass is 16.5. The number of piperidine rings is 1. The molecule has 3 aromatic carbocycles. The molecule has 1 N–H and O–H groups in total. The molecule has 2 heterocycles. The van der Waals surface area contributed by atoms with Gasteiger partial charge < -0.3 is 14.6 Å². The minimum atomic E-state index is -0.217. The largest absolute Gasteiger partial charge is 0.496 e. The Balaban J connectivity index is 1.48. The summed E-state index contributed by atoms with van der Waals surface area (Å²) in [6.45, 7) is 4.39. The number of ether oxygens (including phenoxy) is 1. The number of fused-ring (bicyclic) bond motifs is 1. The van der Waals surface area contributed by atoms with Crippen LogP contribution in [-0.2, 0) is 0 Å². The summed E-state index contributed by atoms with van der Waals surface area (Å²) in [6.07, 6.45) is 2.38. The van der Waals surface area contributed by atoms with Crippen molar-refractivity contribution in [2.75, 3.05) is 25.1 Å². The molecule has 1 aromatic heterocycles. The van der Waals surface area contributed by atoms with Gasteiger partial charge in [-0.05, 0) is 61.2 Å². The van der Waals surface area contributed by atoms with Crippen LogP contribution >= 0.6 is 0 Å². The van der Waals surface area contributed by atoms with E-state index in [9.17, 15) is 10.1 Å². The molecule has 1 fully saturated rings. The minimum absolute atomic E-state index is 0.217. The second-order valence-corrected chi connectivity index (χ2v) is 8.86. The van der Waals surface area contributed by atoms with Gasteiger partial charge in [-0.3, -0.25) is 4.79 Å². The van der Waals surface area contributed by atoms with Crippen LogP contribution in [0, 0.1) is 17.2 Å². The lowest BCUT2D eigenvalue weighted by atomic mass is 9.95. The molecule has 170 valence electrons. The normalized spacial score (nSPS) is 14.2. The maximum absolute atomic E-state index is 13.4. The first-order valence-electron chi connectivity index (χ1n) is 11.5. The summed E-state index contributed by atoms with van der Waals surface area (Å²) in [5.41, 5.74) is 5.12. The molecule has 0 amide bonds. The number of ketones is 1. The SMILES string of the molecule is COc1ccccc1-c1cc(C(=O)c2nc3ccc(N4CCC(C)CC4)cc3[nH]2)ccc1C#N. The summed E-state index contributed by atoms with van der Waals surface area (Å²) < 4.78 is 5.47. The second-order valence-electron chi connectivity index (χ2n) is 8.86. The minimum Gasteiger partial charge on any atom is -0.496 e. The molecule has 6 heteroatoms. The molecule has 0 aliphatic carbocycles. The molecule has 5 rings (SSSR count). The summed E-state index contributed by atoms with van der Waals surface area (Å²) in [5.74, 6) is 1.48. The number of imidazole rings is 1. The fourth-order valence-electron chi connectivity index (χ4n) is 4.58. The summed E-state index contributed by atoms with van der Waals surface area (Å²) in [5, 5.41) is 9.63. The van der Waals surface area contributed by atoms with Crippen LogP contribution < -0.4 is 9.64 Å². The first-order chi connectivity index (χ1) is 16.6. The van der Waals surface area contributed by atoms with Crippen molar-refractivity contribution in [3.05, 3.63) is 77.6 Å². The van der Waals surface area contributed by atoms with E-state index >= 15 is 0 Å². The number of methoxy groups -OCH3 is 1. The van der Waals surface area contributed by atoms with Crippen molar-refractivity contribution in [1.29, 1.82) is 5.26 Å². The number of rotatable bonds is 5. The third-order valence-corrected chi connectivity index (χ3v) is 6.63. The van der Waals surface area contributed by atoms with Crippen LogP contribution in [0.5, 0.6) is 5.75 Å². The Bertz CT molecular complexity index is 1410. The number of carbonyl (C=O) groups is 1. The average Bonchev–Trinajstić information content (AvgIpc) is 3.32. The molecule has 0 unspecified atom stereocenters. The van der Waals surface area contributed by atoms with Gasteiger partial charge in [-0.15, -0.1) is 0 Å². The van der Waals surface area contributed by atoms with Gasteiger partial charge in [-0.2, -0.15) is 5.26 Å². The number of anilines is 1. The van der Waals surface area contributed by atoms with Crippen molar-refractivity contribution in [2.45, 2.75) is 19.8 Å². The number of para-hydroxylation sites is 1. The molecule has 1 aliphatic rings. The van der Waals surface area contributed by atoms with E-state index in [1.165, 1.54) is 12.8 Å². The smallest absolute Gasteiger partial charge is 0.228 e. The first-order valence-corrected chi connectivity index (χ1v) is 11.5. The molecule has 1 saturated heterocycles. The molecule has 1 aliphatic heterocycles. The molecule has 34 heavy (non-hydrogen) atoms. The molecule has 0 saturated carbocycles. The molecular formula is C28H26N4O2. The quantitative estimate of drug-likeness (QED) is 0.402. The number of hydrogen-bond acceptors (Lipinski definition) is 5. The van der Waals surface area contributed by atoms with Crippen LogP contribution in [0.1, 0.15) is 41.5 Å². The molecule has 6 nitrogen and oxygen atoms in total. The van der Waals surface area contributed by atoms with E-state index in [-0.39, 0.29) is 11.6 Å². The Morgan fingerprint density at radius 1 is 1.09 bits per heavy atom. The van der Waals surface area contributed by atoms with Gasteiger partial charge in [0.1, 0.15) is 5.75 Å². The number of aromatic nitrogens is 2. The highest BCUT2D eigenvalue weighted by molar-refractivity contribution is 6.09. The predicted molar refractivity (Wildman–Crippen MR) is 133 cm³/mol. The molecule has 0 radical (unpaired) electrons. The predicted octanol–water partition coefficient (Wildman–Crippen LogP) is 5.58. The van der Waals surface area contributed by atoms with Gasteiger partial charge in [0.15, 0.2) is 5.82 Å². The zero-order chi connectivity index (χ0) is 23.7. The van der Waals surface area contributed by atoms with Crippen LogP contribution in [0.25, 0.3) is 22.2 Å². The van der Waals surface area contributed by atoms with E-state index in [0.29, 0.717) is 22.4 Å². The van der Waals surface area contributed by atoms with Gasteiger partial charge >= 0.3 is 0 Å². The van der Waals surface area contributed by atoms with Crippen molar-refractivity contribution in [3.8, 4) is 22.9 Å². The van der Waals surface area contributed by atoms with Gasteiger partial charge in [0.25, 0.3) is 0 Å². The molecule has 0 spiro atoms. The maximum atomic E-state index is 13.4. The lowest BCUT2D eigenvalue weighted by molar-refractivity contribution is 0.103. The second kappa shape index (κ2) is 9.03. The van der Waals surface area contributed by atoms with Crippen LogP contribution in [0.4, 0.5) is 5.69 Å². The third-order valence-electron chi connectivity index (χ3n) is 6.63. The van der Waals surface area contributed by atoms with Crippen molar-refractivity contribution >= 4 is 22.5 Å². The zero-order valence-corrected chi connectivity index (χ0v) is 19.3. The Morgan fingerprint density at radius 3 is 2.65 bits per heavy atom. The fourth-order valence-corrected chi connectivity index (χ4v) is 4.58. The van der Waals surface area contributed by atoms with Crippen LogP contribution in [0.2, 0.25) is 0 Å². The molecular weight excluding hydrogens is 424 g/mol. The highest BCUT2D eigenvalue weighted by Crippen LogP contribution is 2.33. The van der Waals surface area contributed by atoms with E-state index in [1.807, 2.05) is 30.3 Å². The van der Waals surface area contributed by atoms with Gasteiger partial charge in [0.05, 0.1) is 29.8 Å². The van der Waals surface area contributed by atoms with Crippen molar-refractivity contribution in [1.82, 2.24) is 9.97 Å². The number of aromatic amines is 1. The number of nitriles is 1. The number of carbonyl (C=O) groups excluding carboxylic acids is 1. The first kappa shape index (κ1) is 21.7. The number of H-pyrrole nitrogens is 1. The molecule has 4 aromatic rings. The summed E-state index contributed by atoms with van der Waals surface area (Å²) in [7, 11) is 1.59. The van der Waals surface area contributed by atoms with Gasteiger partial charge in [-0.25, -0.2) is 4.98 Å². The van der Waals surface area contributed by atoms with Crippen molar-refractivity contribution < 1.29 is 9.53 Å². The number of nitrogens with one attached hydrogen (secondary N) is 1. The molecule has 0 bridgehead atoms. The lowest BCUT2D eigenvalue weighted by Crippen LogP contribution is -2.32. The Hall–Kier alpha value is -4.11. The van der Waals surface area contributed by atoms with Crippen LogP contribution in [-0.4, -0.2) is 36.0 Å². The number of nitrogens with zero attached hydrogens (tertiary/aromatic N) is 3. The van der Waals surface area contributed by atoms with E-state index in [4.69, 9.17) is 4.74 Å². The van der Waals surface area contributed by atoms with E-state index in [2.05, 4.69) is 40.0 Å². The molecule has 0 atom stereocenters. The van der Waals surface area contributed by atoms with Crippen molar-refractivity contribution in [3.63, 3.8) is 0 Å². The number of hydrogen-bond donors (Lipinski definition) is 1. The van der Waals surface area contributed by atoms with E-state index in [0.717, 1.165) is 41.3 Å². The van der Waals surface area contributed by atoms with Crippen LogP contribution in [0.15, 0.2) is 60.7 Å². The summed E-state index contributed by atoms with van der Waals surface area (Å²) in [4.78, 5) is 23.5. The Morgan fingerprint density at radius 2 is 1.88 bits per heavy atom. The average molecular weight is 451 g/mol. The highest BCUT2D eigenvalue weighted by Gasteiger charge is 2.20. The van der Waals surface area contributed by atoms with E-state index in [1.54, 1.807) is 25.3 Å². The maximum Gasteiger partial charge on any atom is 0.228 e. The lowest BCUT2D eigenvalue weighted by Gasteiger charge is -2.32. The Kier molecular flexibility index (Phi) is 5.77. The number of benzene rings is 3. The van der Waals surface area contributed by atoms with Gasteiger partial charge in [0, 0.05) is 35.5 Å². The Labute approximate surface area is 198 Å². The third kappa shape index (κ3) is 4.01. The standard InChI is InChI=1S/C28H26N4O2/c1-18-11-13-32(14-12-18)21-9-10-24-25(16-21)31-28(30-24)27(33)19-7-8-20(17-29)23(15-19)22-5-3-4-6-26(22)34-2/h3-10,15-16,18H,11-14H2,1-2H3,(H,30,31). The van der Waals surface area contributed by atoms with Gasteiger partial charge in [0.2, 0.25) is 5.78 Å². The van der Waals surface area contributed by atoms with Crippen molar-refractivity contribution in [2.24, 2.45) is 5.92 Å². The zero-order valence-electron chi connectivity index (χ0n) is 19.3. The summed E-state index contributed by atoms with van der Waals surface area (Å²) >= 11 is 0. The fraction of sp³-hybridized carbons (Fsp3) is 0.250. The summed E-state index contributed by atoms with van der Waals surface area (Å²) in [6, 6.07) is 20.9. The topological polar surface area (TPSA) is 82.0 Å².